The molecule has 3 aromatic rings. The molecule has 0 radical (unpaired) electrons. The van der Waals surface area contributed by atoms with Crippen molar-refractivity contribution in [2.24, 2.45) is 16.7 Å². The Morgan fingerprint density at radius 2 is 1.52 bits per heavy atom. The number of carbonyl (C=O) groups excluding carboxylic acids is 3. The Morgan fingerprint density at radius 1 is 0.925 bits per heavy atom. The van der Waals surface area contributed by atoms with Gasteiger partial charge >= 0.3 is 0 Å². The third kappa shape index (κ3) is 3.38. The molecule has 5 atom stereocenters. The van der Waals surface area contributed by atoms with E-state index in [4.69, 9.17) is 4.42 Å². The smallest absolute Gasteiger partial charge is 0.248 e. The number of aryl methyl sites for hydroxylation is 1. The minimum atomic E-state index is -1.35. The van der Waals surface area contributed by atoms with Crippen LogP contribution >= 0.6 is 15.9 Å². The third-order valence-corrected chi connectivity index (χ3v) is 10.9. The highest BCUT2D eigenvalue weighted by molar-refractivity contribution is 9.10. The SMILES string of the molecule is Cc1nnc([C@@H](C)CCCCN2C(=O)C3C4(C)C(=O)C(C)(C(c5ccccc5)=C4c4ccccc4)C3(Br)C2=O)o1. The van der Waals surface area contributed by atoms with E-state index in [1.54, 1.807) is 6.92 Å². The Bertz CT molecular complexity index is 1550. The lowest BCUT2D eigenvalue weighted by Crippen LogP contribution is -2.50. The van der Waals surface area contributed by atoms with Crippen LogP contribution in [0.5, 0.6) is 0 Å². The van der Waals surface area contributed by atoms with E-state index in [1.807, 2.05) is 81.4 Å². The van der Waals surface area contributed by atoms with Gasteiger partial charge < -0.3 is 4.42 Å². The maximum Gasteiger partial charge on any atom is 0.248 e. The van der Waals surface area contributed by atoms with Crippen molar-refractivity contribution in [1.82, 2.24) is 15.1 Å². The second-order valence-corrected chi connectivity index (χ2v) is 12.9. The van der Waals surface area contributed by atoms with Crippen molar-refractivity contribution in [3.63, 3.8) is 0 Å². The van der Waals surface area contributed by atoms with E-state index in [-0.39, 0.29) is 23.5 Å². The molecule has 6 rings (SSSR count). The van der Waals surface area contributed by atoms with Gasteiger partial charge in [-0.3, -0.25) is 19.3 Å². The van der Waals surface area contributed by atoms with E-state index in [1.165, 1.54) is 4.90 Å². The molecule has 4 unspecified atom stereocenters. The maximum absolute atomic E-state index is 14.5. The summed E-state index contributed by atoms with van der Waals surface area (Å²) < 4.78 is 4.20. The fourth-order valence-corrected chi connectivity index (χ4v) is 8.67. The number of alkyl halides is 1. The molecule has 2 aromatic carbocycles. The summed E-state index contributed by atoms with van der Waals surface area (Å²) in [6, 6.07) is 19.6. The zero-order valence-electron chi connectivity index (χ0n) is 23.1. The molecule has 2 amide bonds. The second-order valence-electron chi connectivity index (χ2n) is 11.6. The zero-order valence-corrected chi connectivity index (χ0v) is 24.7. The van der Waals surface area contributed by atoms with E-state index in [0.717, 1.165) is 35.1 Å². The number of amides is 2. The van der Waals surface area contributed by atoms with Gasteiger partial charge in [0.15, 0.2) is 5.78 Å². The number of fused-ring (bicyclic) bond motifs is 5. The van der Waals surface area contributed by atoms with Crippen molar-refractivity contribution < 1.29 is 18.8 Å². The molecule has 1 aromatic heterocycles. The Balaban J connectivity index is 1.35. The van der Waals surface area contributed by atoms with Crippen LogP contribution in [0.25, 0.3) is 11.1 Å². The summed E-state index contributed by atoms with van der Waals surface area (Å²) in [6.07, 6.45) is 2.24. The Hall–Kier alpha value is -3.39. The number of allylic oxidation sites excluding steroid dienone is 2. The summed E-state index contributed by atoms with van der Waals surface area (Å²) in [7, 11) is 0. The van der Waals surface area contributed by atoms with Crippen LogP contribution in [0.2, 0.25) is 0 Å². The highest BCUT2D eigenvalue weighted by Crippen LogP contribution is 2.77. The van der Waals surface area contributed by atoms with Crippen molar-refractivity contribution in [2.45, 2.75) is 57.2 Å². The van der Waals surface area contributed by atoms with E-state index in [0.29, 0.717) is 24.7 Å². The first kappa shape index (κ1) is 26.8. The van der Waals surface area contributed by atoms with Gasteiger partial charge in [0.05, 0.1) is 16.7 Å². The van der Waals surface area contributed by atoms with E-state index in [2.05, 4.69) is 26.1 Å². The predicted octanol–water partition coefficient (Wildman–Crippen LogP) is 5.99. The third-order valence-electron chi connectivity index (χ3n) is 9.32. The normalized spacial score (nSPS) is 30.0. The number of aromatic nitrogens is 2. The number of hydrogen-bond donors (Lipinski definition) is 0. The van der Waals surface area contributed by atoms with Crippen molar-refractivity contribution in [3.05, 3.63) is 83.6 Å². The minimum absolute atomic E-state index is 0.0791. The summed E-state index contributed by atoms with van der Waals surface area (Å²) in [5.41, 5.74) is 1.09. The van der Waals surface area contributed by atoms with Gasteiger partial charge in [-0.05, 0) is 49.0 Å². The number of rotatable bonds is 8. The summed E-state index contributed by atoms with van der Waals surface area (Å²) in [6.45, 7) is 7.81. The molecule has 2 bridgehead atoms. The number of ketones is 1. The molecule has 7 nitrogen and oxygen atoms in total. The van der Waals surface area contributed by atoms with Gasteiger partial charge in [-0.1, -0.05) is 89.9 Å². The minimum Gasteiger partial charge on any atom is -0.425 e. The lowest BCUT2D eigenvalue weighted by molar-refractivity contribution is -0.144. The fraction of sp³-hybridized carbons (Fsp3) is 0.406. The van der Waals surface area contributed by atoms with Crippen LogP contribution in [-0.2, 0) is 14.4 Å². The van der Waals surface area contributed by atoms with Crippen LogP contribution in [-0.4, -0.2) is 43.6 Å². The largest absolute Gasteiger partial charge is 0.425 e. The Labute approximate surface area is 242 Å². The number of hydrogen-bond acceptors (Lipinski definition) is 6. The van der Waals surface area contributed by atoms with Gasteiger partial charge in [-0.25, -0.2) is 0 Å². The molecular weight excluding hydrogens is 570 g/mol. The van der Waals surface area contributed by atoms with Gasteiger partial charge in [0.25, 0.3) is 0 Å². The van der Waals surface area contributed by atoms with Crippen LogP contribution in [0.1, 0.15) is 68.9 Å². The van der Waals surface area contributed by atoms with Crippen LogP contribution in [0, 0.1) is 23.7 Å². The van der Waals surface area contributed by atoms with E-state index >= 15 is 0 Å². The molecular formula is C32H32BrN3O4. The number of nitrogens with zero attached hydrogens (tertiary/aromatic N) is 3. The molecule has 2 aliphatic carbocycles. The molecule has 8 heteroatoms. The van der Waals surface area contributed by atoms with Crippen molar-refractivity contribution >= 4 is 44.7 Å². The molecule has 1 aliphatic heterocycles. The molecule has 206 valence electrons. The summed E-state index contributed by atoms with van der Waals surface area (Å²) in [5, 5.41) is 8.01. The van der Waals surface area contributed by atoms with Crippen LogP contribution in [0.4, 0.5) is 0 Å². The summed E-state index contributed by atoms with van der Waals surface area (Å²) in [5.74, 6) is -0.272. The number of Topliss-reactive ketones (excluding diaryl/α,β-unsaturated/α-hetero) is 1. The van der Waals surface area contributed by atoms with E-state index in [9.17, 15) is 14.4 Å². The first-order valence-electron chi connectivity index (χ1n) is 13.8. The molecule has 40 heavy (non-hydrogen) atoms. The molecule has 0 spiro atoms. The number of halogens is 1. The molecule has 2 fully saturated rings. The highest BCUT2D eigenvalue weighted by Gasteiger charge is 2.85. The Kier molecular flexibility index (Phi) is 6.26. The molecule has 2 heterocycles. The lowest BCUT2D eigenvalue weighted by Gasteiger charge is -2.41. The van der Waals surface area contributed by atoms with E-state index < -0.39 is 21.1 Å². The van der Waals surface area contributed by atoms with Crippen LogP contribution in [0.15, 0.2) is 65.1 Å². The number of unbranched alkanes of at least 4 members (excludes halogenated alkanes) is 1. The van der Waals surface area contributed by atoms with Crippen molar-refractivity contribution in [1.29, 1.82) is 0 Å². The van der Waals surface area contributed by atoms with Gasteiger partial charge in [0.2, 0.25) is 23.6 Å². The molecule has 1 saturated heterocycles. The predicted molar refractivity (Wildman–Crippen MR) is 154 cm³/mol. The topological polar surface area (TPSA) is 93.4 Å². The van der Waals surface area contributed by atoms with Crippen LogP contribution in [0.3, 0.4) is 0 Å². The lowest BCUT2D eigenvalue weighted by atomic mass is 9.63. The summed E-state index contributed by atoms with van der Waals surface area (Å²) in [4.78, 5) is 44.2. The van der Waals surface area contributed by atoms with Gasteiger partial charge in [-0.2, -0.15) is 0 Å². The number of imide groups is 1. The first-order chi connectivity index (χ1) is 19.1. The van der Waals surface area contributed by atoms with Crippen LogP contribution < -0.4 is 0 Å². The molecule has 1 saturated carbocycles. The monoisotopic (exact) mass is 601 g/mol. The Morgan fingerprint density at radius 3 is 2.10 bits per heavy atom. The highest BCUT2D eigenvalue weighted by atomic mass is 79.9. The molecule has 0 N–H and O–H groups in total. The number of likely N-dealkylation sites (tertiary alicyclic amines) is 1. The molecule has 3 aliphatic rings. The fourth-order valence-electron chi connectivity index (χ4n) is 7.43. The van der Waals surface area contributed by atoms with Crippen molar-refractivity contribution in [3.8, 4) is 0 Å². The second kappa shape index (κ2) is 9.33. The average molecular weight is 603 g/mol. The zero-order chi connectivity index (χ0) is 28.4. The summed E-state index contributed by atoms with van der Waals surface area (Å²) >= 11 is 3.82. The number of benzene rings is 2. The van der Waals surface area contributed by atoms with Crippen molar-refractivity contribution in [2.75, 3.05) is 6.54 Å². The first-order valence-corrected chi connectivity index (χ1v) is 14.6. The van der Waals surface area contributed by atoms with Gasteiger partial charge in [-0.15, -0.1) is 10.2 Å². The standard InChI is InChI=1S/C32H32BrN3O4/c1-19(26-35-34-20(2)40-26)13-11-12-18-36-27(37)25-30(3)23(21-14-7-5-8-15-21)24(22-16-9-6-10-17-22)31(4,28(30)38)32(25,33)29(36)39/h5-10,14-17,19,25H,11-13,18H2,1-4H3/t19-,25?,30?,31?,32?/m0/s1. The van der Waals surface area contributed by atoms with Gasteiger partial charge in [0.1, 0.15) is 4.32 Å². The quantitative estimate of drug-likeness (QED) is 0.179. The maximum atomic E-state index is 14.5. The van der Waals surface area contributed by atoms with Gasteiger partial charge in [0, 0.05) is 19.4 Å². The number of carbonyl (C=O) groups is 3. The average Bonchev–Trinajstić information content (AvgIpc) is 3.57.